The number of sulfone groups is 1. The van der Waals surface area contributed by atoms with Crippen molar-refractivity contribution in [1.82, 2.24) is 27.2 Å². The Balaban J connectivity index is 2.37. The molecule has 0 atom stereocenters. The molecule has 15 heteroatoms. The molecule has 13 nitrogen and oxygen atoms in total. The van der Waals surface area contributed by atoms with Crippen molar-refractivity contribution >= 4 is 25.8 Å². The van der Waals surface area contributed by atoms with Gasteiger partial charge in [0, 0.05) is 30.8 Å². The number of rotatable bonds is 9. The molecule has 1 aliphatic rings. The van der Waals surface area contributed by atoms with Crippen molar-refractivity contribution in [2.75, 3.05) is 25.4 Å². The molecule has 0 aliphatic carbocycles. The number of benzene rings is 2. The summed E-state index contributed by atoms with van der Waals surface area (Å²) in [5, 5.41) is 8.19. The van der Waals surface area contributed by atoms with Crippen molar-refractivity contribution in [1.29, 1.82) is 0 Å². The highest BCUT2D eigenvalue weighted by molar-refractivity contribution is 7.93. The molecule has 0 radical (unpaired) electrons. The van der Waals surface area contributed by atoms with Gasteiger partial charge in [-0.3, -0.25) is 4.79 Å². The van der Waals surface area contributed by atoms with Crippen LogP contribution in [0.4, 0.5) is 0 Å². The normalized spacial score (nSPS) is 15.0. The zero-order chi connectivity index (χ0) is 24.2. The number of primary sulfonamides is 1. The first kappa shape index (κ1) is 25.2. The predicted molar refractivity (Wildman–Crippen MR) is 121 cm³/mol. The van der Waals surface area contributed by atoms with Crippen molar-refractivity contribution < 1.29 is 21.6 Å². The van der Waals surface area contributed by atoms with Crippen molar-refractivity contribution in [3.8, 4) is 11.1 Å². The van der Waals surface area contributed by atoms with Crippen LogP contribution in [0.1, 0.15) is 22.1 Å². The van der Waals surface area contributed by atoms with Gasteiger partial charge in [0.1, 0.15) is 11.1 Å². The van der Waals surface area contributed by atoms with Crippen LogP contribution in [0.25, 0.3) is 11.1 Å². The van der Waals surface area contributed by atoms with Gasteiger partial charge in [0.25, 0.3) is 5.91 Å². The number of hydrogen-bond donors (Lipinski definition) is 8. The summed E-state index contributed by atoms with van der Waals surface area (Å²) in [5.74, 6) is -0.906. The molecule has 3 rings (SSSR count). The molecule has 0 unspecified atom stereocenters. The van der Waals surface area contributed by atoms with Gasteiger partial charge >= 0.3 is 0 Å². The standard InChI is InChI=1S/C18H26N8O5S2/c19-7-9-22-18(27)13-4-2-1-3-11(13)12-5-6-14(32(28,29)10-8-20)16(33(21,30)31)15(12)17-23-25-26-24-17/h1-6,17,23-26H,7-10,19-20H2,(H,22,27)(H2,21,30,31). The fourth-order valence-corrected chi connectivity index (χ4v) is 6.31. The van der Waals surface area contributed by atoms with Crippen LogP contribution in [0.15, 0.2) is 46.2 Å². The maximum atomic E-state index is 12.9. The maximum Gasteiger partial charge on any atom is 0.251 e. The first-order chi connectivity index (χ1) is 15.6. The molecule has 1 saturated heterocycles. The van der Waals surface area contributed by atoms with E-state index in [0.717, 1.165) is 6.07 Å². The number of nitrogens with one attached hydrogen (secondary N) is 5. The number of carbonyl (C=O) groups is 1. The number of sulfonamides is 1. The number of hydrogen-bond acceptors (Lipinski definition) is 11. The highest BCUT2D eigenvalue weighted by Crippen LogP contribution is 2.38. The van der Waals surface area contributed by atoms with E-state index in [-0.39, 0.29) is 36.3 Å². The van der Waals surface area contributed by atoms with Crippen LogP contribution in [0, 0.1) is 0 Å². The molecule has 0 spiro atoms. The lowest BCUT2D eigenvalue weighted by Gasteiger charge is -2.22. The van der Waals surface area contributed by atoms with Gasteiger partial charge in [-0.15, -0.1) is 0 Å². The quantitative estimate of drug-likeness (QED) is 0.181. The third kappa shape index (κ3) is 5.37. The lowest BCUT2D eigenvalue weighted by molar-refractivity contribution is 0.0955. The summed E-state index contributed by atoms with van der Waals surface area (Å²) in [6, 6.07) is 9.09. The van der Waals surface area contributed by atoms with Crippen LogP contribution in [-0.2, 0) is 19.9 Å². The Morgan fingerprint density at radius 2 is 1.61 bits per heavy atom. The first-order valence-corrected chi connectivity index (χ1v) is 13.0. The van der Waals surface area contributed by atoms with Crippen LogP contribution in [0.3, 0.4) is 0 Å². The van der Waals surface area contributed by atoms with E-state index < -0.39 is 47.5 Å². The Morgan fingerprint density at radius 1 is 0.939 bits per heavy atom. The smallest absolute Gasteiger partial charge is 0.251 e. The van der Waals surface area contributed by atoms with Crippen LogP contribution in [0.5, 0.6) is 0 Å². The molecule has 33 heavy (non-hydrogen) atoms. The van der Waals surface area contributed by atoms with Crippen molar-refractivity contribution in [3.63, 3.8) is 0 Å². The van der Waals surface area contributed by atoms with E-state index in [4.69, 9.17) is 16.6 Å². The van der Waals surface area contributed by atoms with Crippen LogP contribution in [-0.4, -0.2) is 48.1 Å². The van der Waals surface area contributed by atoms with Crippen LogP contribution < -0.4 is 43.8 Å². The summed E-state index contributed by atoms with van der Waals surface area (Å²) < 4.78 is 51.2. The second-order valence-corrected chi connectivity index (χ2v) is 10.6. The lowest BCUT2D eigenvalue weighted by atomic mass is 9.93. The topological polar surface area (TPSA) is 224 Å². The zero-order valence-corrected chi connectivity index (χ0v) is 19.1. The molecule has 1 amide bonds. The minimum Gasteiger partial charge on any atom is -0.351 e. The second kappa shape index (κ2) is 10.2. The van der Waals surface area contributed by atoms with E-state index in [0.29, 0.717) is 5.56 Å². The Hall–Kier alpha value is -2.47. The zero-order valence-electron chi connectivity index (χ0n) is 17.5. The average Bonchev–Trinajstić information content (AvgIpc) is 3.30. The Morgan fingerprint density at radius 3 is 2.21 bits per heavy atom. The van der Waals surface area contributed by atoms with Crippen LogP contribution in [0.2, 0.25) is 0 Å². The SMILES string of the molecule is NCCNC(=O)c1ccccc1-c1ccc(S(=O)(=O)CCN)c(S(N)(=O)=O)c1C1NNNN1. The molecule has 1 fully saturated rings. The maximum absolute atomic E-state index is 12.9. The Bertz CT molecular complexity index is 1240. The second-order valence-electron chi connectivity index (χ2n) is 7.07. The molecule has 180 valence electrons. The molecular weight excluding hydrogens is 472 g/mol. The Labute approximate surface area is 191 Å². The van der Waals surface area contributed by atoms with Crippen molar-refractivity contribution in [3.05, 3.63) is 47.5 Å². The van der Waals surface area contributed by atoms with E-state index in [1.807, 2.05) is 0 Å². The molecule has 2 aromatic rings. The Kier molecular flexibility index (Phi) is 7.78. The summed E-state index contributed by atoms with van der Waals surface area (Å²) in [5.41, 5.74) is 22.4. The molecule has 11 N–H and O–H groups in total. The third-order valence-corrected chi connectivity index (χ3v) is 7.76. The fraction of sp³-hybridized carbons (Fsp3) is 0.278. The van der Waals surface area contributed by atoms with Crippen molar-refractivity contribution in [2.45, 2.75) is 16.0 Å². The van der Waals surface area contributed by atoms with Crippen LogP contribution >= 0.6 is 0 Å². The van der Waals surface area contributed by atoms with E-state index >= 15 is 0 Å². The lowest BCUT2D eigenvalue weighted by Crippen LogP contribution is -2.33. The molecule has 2 aromatic carbocycles. The summed E-state index contributed by atoms with van der Waals surface area (Å²) >= 11 is 0. The van der Waals surface area contributed by atoms with Gasteiger partial charge in [0.05, 0.1) is 10.6 Å². The molecule has 1 aliphatic heterocycles. The van der Waals surface area contributed by atoms with Gasteiger partial charge in [0.2, 0.25) is 10.0 Å². The van der Waals surface area contributed by atoms with Gasteiger partial charge in [-0.1, -0.05) is 24.3 Å². The monoisotopic (exact) mass is 498 g/mol. The summed E-state index contributed by atoms with van der Waals surface area (Å²) in [7, 11) is -8.64. The summed E-state index contributed by atoms with van der Waals surface area (Å²) in [6.07, 6.45) is -0.929. The van der Waals surface area contributed by atoms with E-state index in [2.05, 4.69) is 27.2 Å². The largest absolute Gasteiger partial charge is 0.351 e. The predicted octanol–water partition coefficient (Wildman–Crippen LogP) is -2.46. The van der Waals surface area contributed by atoms with Crippen molar-refractivity contribution in [2.24, 2.45) is 16.6 Å². The third-order valence-electron chi connectivity index (χ3n) is 4.84. The number of amides is 1. The molecule has 1 heterocycles. The van der Waals surface area contributed by atoms with Gasteiger partial charge in [-0.25, -0.2) is 32.8 Å². The average molecular weight is 499 g/mol. The van der Waals surface area contributed by atoms with E-state index in [9.17, 15) is 21.6 Å². The summed E-state index contributed by atoms with van der Waals surface area (Å²) in [4.78, 5) is 11.7. The van der Waals surface area contributed by atoms with E-state index in [1.54, 1.807) is 24.3 Å². The summed E-state index contributed by atoms with van der Waals surface area (Å²) in [6.45, 7) is 0.255. The number of nitrogens with two attached hydrogens (primary N) is 3. The van der Waals surface area contributed by atoms with Gasteiger partial charge in [-0.2, -0.15) is 11.1 Å². The molecule has 0 saturated carbocycles. The highest BCUT2D eigenvalue weighted by Gasteiger charge is 2.34. The fourth-order valence-electron chi connectivity index (χ4n) is 3.50. The number of carbonyl (C=O) groups excluding carboxylic acids is 1. The molecular formula is C18H26N8O5S2. The molecule has 0 aromatic heterocycles. The minimum atomic E-state index is -4.55. The highest BCUT2D eigenvalue weighted by atomic mass is 32.2. The number of hydrazine groups is 3. The van der Waals surface area contributed by atoms with Gasteiger partial charge < -0.3 is 16.8 Å². The van der Waals surface area contributed by atoms with Gasteiger partial charge in [-0.05, 0) is 23.3 Å². The van der Waals surface area contributed by atoms with Gasteiger partial charge in [0.15, 0.2) is 9.84 Å². The first-order valence-electron chi connectivity index (χ1n) is 9.83. The van der Waals surface area contributed by atoms with E-state index in [1.165, 1.54) is 6.07 Å². The molecule has 0 bridgehead atoms. The minimum absolute atomic E-state index is 0.00664.